The molecule has 5 rings (SSSR count). The van der Waals surface area contributed by atoms with E-state index in [1.165, 1.54) is 0 Å². The predicted octanol–water partition coefficient (Wildman–Crippen LogP) is 5.92. The molecule has 1 aliphatic rings. The molecule has 0 aliphatic carbocycles. The van der Waals surface area contributed by atoms with Crippen molar-refractivity contribution in [2.45, 2.75) is 6.92 Å². The number of carbonyl (C=O) groups excluding carboxylic acids is 1. The summed E-state index contributed by atoms with van der Waals surface area (Å²) in [5, 5.41) is 1.60. The fourth-order valence-electron chi connectivity index (χ4n) is 4.40. The monoisotopic (exact) mass is 471 g/mol. The molecule has 0 bridgehead atoms. The van der Waals surface area contributed by atoms with E-state index < -0.39 is 0 Å². The molecule has 34 heavy (non-hydrogen) atoms. The number of halogens is 1. The van der Waals surface area contributed by atoms with Gasteiger partial charge in [-0.3, -0.25) is 4.79 Å². The largest absolute Gasteiger partial charge is 0.494 e. The summed E-state index contributed by atoms with van der Waals surface area (Å²) in [4.78, 5) is 22.7. The lowest BCUT2D eigenvalue weighted by atomic mass is 10.0. The van der Waals surface area contributed by atoms with Crippen LogP contribution in [0.3, 0.4) is 0 Å². The van der Waals surface area contributed by atoms with E-state index in [1.54, 1.807) is 0 Å². The highest BCUT2D eigenvalue weighted by Crippen LogP contribution is 2.28. The van der Waals surface area contributed by atoms with Crippen molar-refractivity contribution < 1.29 is 9.53 Å². The Balaban J connectivity index is 1.42. The molecule has 0 radical (unpaired) electrons. The fraction of sp³-hybridized carbons (Fsp3) is 0.214. The summed E-state index contributed by atoms with van der Waals surface area (Å²) < 4.78 is 5.56. The van der Waals surface area contributed by atoms with E-state index >= 15 is 0 Å². The molecule has 0 saturated carbocycles. The number of fused-ring (bicyclic) bond motifs is 1. The van der Waals surface area contributed by atoms with Crippen LogP contribution in [0.15, 0.2) is 78.9 Å². The fourth-order valence-corrected chi connectivity index (χ4v) is 4.58. The van der Waals surface area contributed by atoms with Crippen molar-refractivity contribution in [3.63, 3.8) is 0 Å². The lowest BCUT2D eigenvalue weighted by molar-refractivity contribution is 0.0748. The van der Waals surface area contributed by atoms with E-state index in [-0.39, 0.29) is 5.91 Å². The Hall–Kier alpha value is -3.57. The Kier molecular flexibility index (Phi) is 6.37. The van der Waals surface area contributed by atoms with Gasteiger partial charge in [0.25, 0.3) is 5.91 Å². The Morgan fingerprint density at radius 2 is 1.71 bits per heavy atom. The van der Waals surface area contributed by atoms with Gasteiger partial charge in [-0.1, -0.05) is 35.9 Å². The van der Waals surface area contributed by atoms with Gasteiger partial charge in [0, 0.05) is 47.8 Å². The van der Waals surface area contributed by atoms with Gasteiger partial charge in [0.1, 0.15) is 5.75 Å². The summed E-state index contributed by atoms with van der Waals surface area (Å²) in [6.07, 6.45) is 0. The third-order valence-corrected chi connectivity index (χ3v) is 6.38. The summed E-state index contributed by atoms with van der Waals surface area (Å²) >= 11 is 6.16. The zero-order valence-electron chi connectivity index (χ0n) is 19.1. The van der Waals surface area contributed by atoms with Crippen LogP contribution < -0.4 is 9.64 Å². The zero-order valence-corrected chi connectivity index (χ0v) is 19.8. The molecule has 2 heterocycles. The van der Waals surface area contributed by atoms with Gasteiger partial charge in [0.2, 0.25) is 0 Å². The molecule has 1 saturated heterocycles. The van der Waals surface area contributed by atoms with Crippen molar-refractivity contribution in [2.24, 2.45) is 0 Å². The number of aromatic nitrogens is 1. The highest BCUT2D eigenvalue weighted by molar-refractivity contribution is 6.30. The average Bonchev–Trinajstić information content (AvgIpc) is 2.88. The number of pyridine rings is 1. The van der Waals surface area contributed by atoms with Crippen molar-refractivity contribution in [3.8, 4) is 17.0 Å². The molecule has 0 unspecified atom stereocenters. The number of piperazine rings is 1. The van der Waals surface area contributed by atoms with Crippen LogP contribution in [-0.4, -0.2) is 48.6 Å². The maximum Gasteiger partial charge on any atom is 0.254 e. The molecule has 1 aromatic heterocycles. The highest BCUT2D eigenvalue weighted by atomic mass is 35.5. The van der Waals surface area contributed by atoms with E-state index in [1.807, 2.05) is 84.6 Å². The van der Waals surface area contributed by atoms with Gasteiger partial charge in [-0.15, -0.1) is 0 Å². The molecule has 0 N–H and O–H groups in total. The van der Waals surface area contributed by atoms with Crippen LogP contribution in [0.4, 0.5) is 5.69 Å². The van der Waals surface area contributed by atoms with E-state index in [0.717, 1.165) is 51.7 Å². The summed E-state index contributed by atoms with van der Waals surface area (Å²) in [5.74, 6) is 0.859. The van der Waals surface area contributed by atoms with Gasteiger partial charge < -0.3 is 14.5 Å². The van der Waals surface area contributed by atoms with Crippen molar-refractivity contribution in [2.75, 3.05) is 37.7 Å². The van der Waals surface area contributed by atoms with Crippen LogP contribution >= 0.6 is 11.6 Å². The summed E-state index contributed by atoms with van der Waals surface area (Å²) in [7, 11) is 0. The van der Waals surface area contributed by atoms with Crippen LogP contribution in [0.2, 0.25) is 5.02 Å². The van der Waals surface area contributed by atoms with Crippen molar-refractivity contribution >= 4 is 34.1 Å². The van der Waals surface area contributed by atoms with Gasteiger partial charge in [0.05, 0.1) is 23.4 Å². The van der Waals surface area contributed by atoms with E-state index in [0.29, 0.717) is 25.3 Å². The Morgan fingerprint density at radius 1 is 0.941 bits per heavy atom. The minimum absolute atomic E-state index is 0.0385. The number of rotatable bonds is 5. The van der Waals surface area contributed by atoms with Gasteiger partial charge >= 0.3 is 0 Å². The van der Waals surface area contributed by atoms with E-state index in [2.05, 4.69) is 11.0 Å². The molecule has 6 heteroatoms. The summed E-state index contributed by atoms with van der Waals surface area (Å²) in [5.41, 5.74) is 4.32. The first-order valence-corrected chi connectivity index (χ1v) is 11.9. The minimum atomic E-state index is 0.0385. The van der Waals surface area contributed by atoms with Gasteiger partial charge in [-0.25, -0.2) is 4.98 Å². The van der Waals surface area contributed by atoms with Gasteiger partial charge in [-0.05, 0) is 61.5 Å². The molecular formula is C28H26ClN3O2. The maximum absolute atomic E-state index is 13.7. The molecule has 1 fully saturated rings. The standard InChI is InChI=1S/C28H26ClN3O2/c1-2-34-23-12-10-20(11-13-23)27-19-25(24-8-3-4-9-26(24)30-27)28(33)32-16-14-31(15-17-32)22-7-5-6-21(29)18-22/h3-13,18-19H,2,14-17H2,1H3. The van der Waals surface area contributed by atoms with Crippen molar-refractivity contribution in [1.82, 2.24) is 9.88 Å². The lowest BCUT2D eigenvalue weighted by Crippen LogP contribution is -2.48. The first kappa shape index (κ1) is 22.2. The summed E-state index contributed by atoms with van der Waals surface area (Å²) in [6.45, 7) is 5.42. The molecule has 0 atom stereocenters. The maximum atomic E-state index is 13.7. The molecule has 1 aliphatic heterocycles. The van der Waals surface area contributed by atoms with Crippen LogP contribution in [0.1, 0.15) is 17.3 Å². The molecule has 172 valence electrons. The van der Waals surface area contributed by atoms with E-state index in [9.17, 15) is 4.79 Å². The number of hydrogen-bond donors (Lipinski definition) is 0. The van der Waals surface area contributed by atoms with Gasteiger partial charge in [0.15, 0.2) is 0 Å². The van der Waals surface area contributed by atoms with Crippen LogP contribution in [-0.2, 0) is 0 Å². The second-order valence-electron chi connectivity index (χ2n) is 8.29. The zero-order chi connectivity index (χ0) is 23.5. The quantitative estimate of drug-likeness (QED) is 0.362. The lowest BCUT2D eigenvalue weighted by Gasteiger charge is -2.36. The normalized spacial score (nSPS) is 13.8. The number of amides is 1. The highest BCUT2D eigenvalue weighted by Gasteiger charge is 2.24. The SMILES string of the molecule is CCOc1ccc(-c2cc(C(=O)N3CCN(c4cccc(Cl)c4)CC3)c3ccccc3n2)cc1. The second-order valence-corrected chi connectivity index (χ2v) is 8.73. The number of anilines is 1. The number of benzene rings is 3. The molecule has 1 amide bonds. The Morgan fingerprint density at radius 3 is 2.44 bits per heavy atom. The predicted molar refractivity (Wildman–Crippen MR) is 138 cm³/mol. The smallest absolute Gasteiger partial charge is 0.254 e. The molecule has 4 aromatic rings. The Bertz CT molecular complexity index is 1320. The van der Waals surface area contributed by atoms with Gasteiger partial charge in [-0.2, -0.15) is 0 Å². The number of hydrogen-bond acceptors (Lipinski definition) is 4. The number of para-hydroxylation sites is 1. The number of nitrogens with zero attached hydrogens (tertiary/aromatic N) is 3. The molecule has 0 spiro atoms. The third kappa shape index (κ3) is 4.57. The number of carbonyl (C=O) groups is 1. The molecule has 5 nitrogen and oxygen atoms in total. The van der Waals surface area contributed by atoms with Crippen molar-refractivity contribution in [3.05, 3.63) is 89.4 Å². The summed E-state index contributed by atoms with van der Waals surface area (Å²) in [6, 6.07) is 25.5. The Labute approximate surface area is 204 Å². The number of ether oxygens (including phenoxy) is 1. The topological polar surface area (TPSA) is 45.7 Å². The average molecular weight is 472 g/mol. The van der Waals surface area contributed by atoms with Crippen LogP contribution in [0, 0.1) is 0 Å². The minimum Gasteiger partial charge on any atom is -0.494 e. The van der Waals surface area contributed by atoms with E-state index in [4.69, 9.17) is 21.3 Å². The van der Waals surface area contributed by atoms with Crippen LogP contribution in [0.5, 0.6) is 5.75 Å². The molecule has 3 aromatic carbocycles. The van der Waals surface area contributed by atoms with Crippen molar-refractivity contribution in [1.29, 1.82) is 0 Å². The van der Waals surface area contributed by atoms with Crippen LogP contribution in [0.25, 0.3) is 22.2 Å². The second kappa shape index (κ2) is 9.74. The first-order chi connectivity index (χ1) is 16.6. The third-order valence-electron chi connectivity index (χ3n) is 6.15. The first-order valence-electron chi connectivity index (χ1n) is 11.5. The molecular weight excluding hydrogens is 446 g/mol.